The van der Waals surface area contributed by atoms with Crippen LogP contribution in [0.3, 0.4) is 0 Å². The highest BCUT2D eigenvalue weighted by atomic mass is 14.7. The Hall–Kier alpha value is -5.92. The molecule has 0 aliphatic heterocycles. The minimum absolute atomic E-state index is 1.17. The van der Waals surface area contributed by atoms with Gasteiger partial charge in [0.1, 0.15) is 0 Å². The fourth-order valence-electron chi connectivity index (χ4n) is 7.40. The van der Waals surface area contributed by atoms with Gasteiger partial charge in [-0.15, -0.1) is 0 Å². The van der Waals surface area contributed by atoms with E-state index in [1.807, 2.05) is 0 Å². The van der Waals surface area contributed by atoms with Crippen molar-refractivity contribution in [1.82, 2.24) is 4.98 Å². The molecule has 0 unspecified atom stereocenters. The Morgan fingerprint density at radius 1 is 0.298 bits per heavy atom. The van der Waals surface area contributed by atoms with E-state index in [-0.39, 0.29) is 0 Å². The SMILES string of the molecule is Cc1ccc2c(-c3ccc(-c4ccc(-c5ccc6[nH]c7ccccc7c6c5)cc4)cc3)c3cc(C)ccc3c(-c3ccccc3)c2c1. The zero-order chi connectivity index (χ0) is 31.5. The highest BCUT2D eigenvalue weighted by molar-refractivity contribution is 6.21. The largest absolute Gasteiger partial charge is 0.355 e. The lowest BCUT2D eigenvalue weighted by Crippen LogP contribution is -1.92. The maximum Gasteiger partial charge on any atom is 0.0465 e. The van der Waals surface area contributed by atoms with Crippen LogP contribution in [0.25, 0.3) is 87.9 Å². The fourth-order valence-corrected chi connectivity index (χ4v) is 7.40. The van der Waals surface area contributed by atoms with Crippen molar-refractivity contribution in [2.24, 2.45) is 0 Å². The molecule has 0 aliphatic rings. The van der Waals surface area contributed by atoms with Gasteiger partial charge in [0, 0.05) is 21.8 Å². The van der Waals surface area contributed by atoms with E-state index in [1.54, 1.807) is 0 Å². The van der Waals surface area contributed by atoms with Crippen molar-refractivity contribution in [2.75, 3.05) is 0 Å². The molecule has 222 valence electrons. The fraction of sp³-hybridized carbons (Fsp3) is 0.0435. The summed E-state index contributed by atoms with van der Waals surface area (Å²) in [6, 6.07) is 58.0. The first-order chi connectivity index (χ1) is 23.1. The number of fused-ring (bicyclic) bond motifs is 5. The lowest BCUT2D eigenvalue weighted by molar-refractivity contribution is 1.49. The first-order valence-corrected chi connectivity index (χ1v) is 16.3. The third kappa shape index (κ3) is 4.63. The Labute approximate surface area is 274 Å². The van der Waals surface area contributed by atoms with Crippen LogP contribution in [-0.4, -0.2) is 4.98 Å². The Balaban J connectivity index is 1.12. The Bertz CT molecular complexity index is 2600. The first kappa shape index (κ1) is 27.4. The van der Waals surface area contributed by atoms with Gasteiger partial charge in [0.25, 0.3) is 0 Å². The van der Waals surface area contributed by atoms with Crippen molar-refractivity contribution >= 4 is 43.4 Å². The number of nitrogens with one attached hydrogen (secondary N) is 1. The first-order valence-electron chi connectivity index (χ1n) is 16.3. The monoisotopic (exact) mass is 599 g/mol. The number of hydrogen-bond acceptors (Lipinski definition) is 0. The molecule has 8 aromatic carbocycles. The van der Waals surface area contributed by atoms with Gasteiger partial charge in [-0.1, -0.05) is 151 Å². The molecular weight excluding hydrogens is 567 g/mol. The van der Waals surface area contributed by atoms with Crippen molar-refractivity contribution in [1.29, 1.82) is 0 Å². The minimum atomic E-state index is 1.17. The molecule has 1 N–H and O–H groups in total. The number of benzene rings is 8. The van der Waals surface area contributed by atoms with Crippen LogP contribution in [0.5, 0.6) is 0 Å². The molecular formula is C46H33N. The Morgan fingerprint density at radius 3 is 1.38 bits per heavy atom. The van der Waals surface area contributed by atoms with Crippen LogP contribution < -0.4 is 0 Å². The maximum absolute atomic E-state index is 3.54. The van der Waals surface area contributed by atoms with Gasteiger partial charge < -0.3 is 4.98 Å². The van der Waals surface area contributed by atoms with Crippen LogP contribution in [0.15, 0.2) is 158 Å². The lowest BCUT2D eigenvalue weighted by Gasteiger charge is -2.19. The molecule has 47 heavy (non-hydrogen) atoms. The second kappa shape index (κ2) is 10.9. The minimum Gasteiger partial charge on any atom is -0.355 e. The van der Waals surface area contributed by atoms with Gasteiger partial charge in [-0.3, -0.25) is 0 Å². The summed E-state index contributed by atoms with van der Waals surface area (Å²) in [6.07, 6.45) is 0. The molecule has 0 saturated carbocycles. The molecule has 0 bridgehead atoms. The summed E-state index contributed by atoms with van der Waals surface area (Å²) in [6.45, 7) is 4.38. The van der Waals surface area contributed by atoms with E-state index in [0.29, 0.717) is 0 Å². The third-order valence-corrected chi connectivity index (χ3v) is 9.72. The van der Waals surface area contributed by atoms with Crippen LogP contribution in [-0.2, 0) is 0 Å². The molecule has 0 saturated heterocycles. The molecule has 1 nitrogen and oxygen atoms in total. The van der Waals surface area contributed by atoms with Gasteiger partial charge >= 0.3 is 0 Å². The third-order valence-electron chi connectivity index (χ3n) is 9.72. The second-order valence-electron chi connectivity index (χ2n) is 12.8. The average Bonchev–Trinajstić information content (AvgIpc) is 3.49. The van der Waals surface area contributed by atoms with E-state index in [1.165, 1.54) is 99.0 Å². The van der Waals surface area contributed by atoms with Crippen molar-refractivity contribution in [2.45, 2.75) is 13.8 Å². The van der Waals surface area contributed by atoms with E-state index < -0.39 is 0 Å². The summed E-state index contributed by atoms with van der Waals surface area (Å²) in [4.78, 5) is 3.54. The average molecular weight is 600 g/mol. The lowest BCUT2D eigenvalue weighted by atomic mass is 9.84. The zero-order valence-corrected chi connectivity index (χ0v) is 26.5. The molecule has 1 heterocycles. The predicted molar refractivity (Wildman–Crippen MR) is 202 cm³/mol. The van der Waals surface area contributed by atoms with E-state index in [0.717, 1.165) is 0 Å². The highest BCUT2D eigenvalue weighted by Crippen LogP contribution is 2.44. The number of aromatic nitrogens is 1. The summed E-state index contributed by atoms with van der Waals surface area (Å²) >= 11 is 0. The van der Waals surface area contributed by atoms with Crippen LogP contribution in [0.1, 0.15) is 11.1 Å². The van der Waals surface area contributed by atoms with Gasteiger partial charge in [0.15, 0.2) is 0 Å². The van der Waals surface area contributed by atoms with Crippen molar-refractivity contribution < 1.29 is 0 Å². The quantitative estimate of drug-likeness (QED) is 0.194. The molecule has 0 spiro atoms. The standard InChI is InChI=1S/C46H33N/c1-29-13-24-39-41(26-29)45(34-8-4-3-5-9-34)38-23-12-30(2)27-42(38)46(39)35-20-18-32(19-21-35)31-14-16-33(17-15-31)36-22-25-44-40(28-36)37-10-6-7-11-43(37)47-44/h3-28,47H,1-2H3. The van der Waals surface area contributed by atoms with Crippen LogP contribution in [0.4, 0.5) is 0 Å². The molecule has 0 radical (unpaired) electrons. The number of H-pyrrole nitrogens is 1. The Kier molecular flexibility index (Phi) is 6.33. The molecule has 9 rings (SSSR count). The zero-order valence-electron chi connectivity index (χ0n) is 26.5. The molecule has 0 fully saturated rings. The van der Waals surface area contributed by atoms with Gasteiger partial charge in [-0.2, -0.15) is 0 Å². The molecule has 0 atom stereocenters. The smallest absolute Gasteiger partial charge is 0.0465 e. The van der Waals surface area contributed by atoms with Crippen molar-refractivity contribution in [3.05, 3.63) is 169 Å². The van der Waals surface area contributed by atoms with E-state index in [9.17, 15) is 0 Å². The Morgan fingerprint density at radius 2 is 0.766 bits per heavy atom. The number of para-hydroxylation sites is 1. The van der Waals surface area contributed by atoms with Gasteiger partial charge in [0.05, 0.1) is 0 Å². The summed E-state index contributed by atoms with van der Waals surface area (Å²) in [5.74, 6) is 0. The van der Waals surface area contributed by atoms with Crippen LogP contribution in [0.2, 0.25) is 0 Å². The van der Waals surface area contributed by atoms with Gasteiger partial charge in [-0.25, -0.2) is 0 Å². The maximum atomic E-state index is 3.54. The summed E-state index contributed by atoms with van der Waals surface area (Å²) in [5, 5.41) is 7.70. The van der Waals surface area contributed by atoms with Crippen LogP contribution in [0, 0.1) is 13.8 Å². The van der Waals surface area contributed by atoms with E-state index in [2.05, 4.69) is 177 Å². The van der Waals surface area contributed by atoms with E-state index in [4.69, 9.17) is 0 Å². The van der Waals surface area contributed by atoms with Crippen LogP contribution >= 0.6 is 0 Å². The number of hydrogen-bond donors (Lipinski definition) is 1. The predicted octanol–water partition coefficient (Wildman–Crippen LogP) is 12.9. The number of aromatic amines is 1. The van der Waals surface area contributed by atoms with Crippen molar-refractivity contribution in [3.63, 3.8) is 0 Å². The molecule has 0 amide bonds. The topological polar surface area (TPSA) is 15.8 Å². The number of rotatable bonds is 4. The molecule has 9 aromatic rings. The highest BCUT2D eigenvalue weighted by Gasteiger charge is 2.17. The van der Waals surface area contributed by atoms with Gasteiger partial charge in [-0.05, 0) is 98.1 Å². The van der Waals surface area contributed by atoms with Gasteiger partial charge in [0.2, 0.25) is 0 Å². The summed E-state index contributed by atoms with van der Waals surface area (Å²) < 4.78 is 0. The molecule has 0 aliphatic carbocycles. The normalized spacial score (nSPS) is 11.6. The van der Waals surface area contributed by atoms with E-state index >= 15 is 0 Å². The molecule has 1 aromatic heterocycles. The second-order valence-corrected chi connectivity index (χ2v) is 12.8. The number of aryl methyl sites for hydroxylation is 2. The summed E-state index contributed by atoms with van der Waals surface area (Å²) in [7, 11) is 0. The summed E-state index contributed by atoms with van der Waals surface area (Å²) in [5.41, 5.74) is 14.9. The van der Waals surface area contributed by atoms with Crippen molar-refractivity contribution in [3.8, 4) is 44.5 Å². The molecule has 1 heteroatoms.